The fraction of sp³-hybridized carbons (Fsp3) is 0.0625. The van der Waals surface area contributed by atoms with Crippen LogP contribution in [0.15, 0.2) is 60.9 Å². The maximum atomic E-state index is 5.88. The van der Waals surface area contributed by atoms with Crippen molar-refractivity contribution >= 4 is 5.69 Å². The highest BCUT2D eigenvalue weighted by Gasteiger charge is 2.09. The molecule has 0 spiro atoms. The minimum atomic E-state index is 0.766. The van der Waals surface area contributed by atoms with Crippen LogP contribution in [0.5, 0.6) is 0 Å². The molecule has 0 saturated heterocycles. The van der Waals surface area contributed by atoms with Crippen molar-refractivity contribution in [1.29, 1.82) is 0 Å². The highest BCUT2D eigenvalue weighted by atomic mass is 15.0. The lowest BCUT2D eigenvalue weighted by molar-refractivity contribution is 1.02. The van der Waals surface area contributed by atoms with Crippen molar-refractivity contribution in [2.75, 3.05) is 5.73 Å². The number of nitrogens with zero attached hydrogens (tertiary/aromatic N) is 2. The number of nitrogen functional groups attached to an aromatic ring is 1. The Bertz CT molecular complexity index is 699. The van der Waals surface area contributed by atoms with Crippen LogP contribution < -0.4 is 5.73 Å². The minimum absolute atomic E-state index is 0.766. The number of aryl methyl sites for hydroxylation is 1. The first kappa shape index (κ1) is 11.5. The summed E-state index contributed by atoms with van der Waals surface area (Å²) in [7, 11) is 0. The van der Waals surface area contributed by atoms with Crippen molar-refractivity contribution in [3.05, 3.63) is 66.6 Å². The van der Waals surface area contributed by atoms with E-state index in [0.717, 1.165) is 22.6 Å². The molecule has 2 aromatic heterocycles. The van der Waals surface area contributed by atoms with Crippen LogP contribution in [0.2, 0.25) is 0 Å². The number of pyridine rings is 1. The van der Waals surface area contributed by atoms with E-state index in [9.17, 15) is 0 Å². The minimum Gasteiger partial charge on any atom is -0.399 e. The Morgan fingerprint density at radius 1 is 1.05 bits per heavy atom. The summed E-state index contributed by atoms with van der Waals surface area (Å²) in [5.74, 6) is 0. The van der Waals surface area contributed by atoms with Gasteiger partial charge in [-0.25, -0.2) is 0 Å². The van der Waals surface area contributed by atoms with Crippen LogP contribution in [0.25, 0.3) is 16.9 Å². The summed E-state index contributed by atoms with van der Waals surface area (Å²) in [4.78, 5) is 4.18. The Morgan fingerprint density at radius 2 is 1.95 bits per heavy atom. The van der Waals surface area contributed by atoms with Crippen LogP contribution in [-0.2, 0) is 0 Å². The Kier molecular flexibility index (Phi) is 2.80. The summed E-state index contributed by atoms with van der Waals surface area (Å²) in [5.41, 5.74) is 11.1. The molecule has 0 aliphatic rings. The van der Waals surface area contributed by atoms with E-state index >= 15 is 0 Å². The molecular weight excluding hydrogens is 234 g/mol. The third kappa shape index (κ3) is 2.10. The van der Waals surface area contributed by atoms with Crippen molar-refractivity contribution in [3.63, 3.8) is 0 Å². The van der Waals surface area contributed by atoms with Gasteiger partial charge in [0.25, 0.3) is 0 Å². The first-order valence-corrected chi connectivity index (χ1v) is 6.20. The van der Waals surface area contributed by atoms with Gasteiger partial charge in [-0.1, -0.05) is 6.07 Å². The van der Waals surface area contributed by atoms with Crippen LogP contribution in [0, 0.1) is 6.92 Å². The molecule has 3 rings (SSSR count). The molecule has 0 fully saturated rings. The van der Waals surface area contributed by atoms with Crippen molar-refractivity contribution in [2.24, 2.45) is 0 Å². The Balaban J connectivity index is 2.20. The van der Waals surface area contributed by atoms with Crippen LogP contribution in [0.3, 0.4) is 0 Å². The second kappa shape index (κ2) is 4.61. The average molecular weight is 249 g/mol. The maximum Gasteiger partial charge on any atom is 0.0546 e. The van der Waals surface area contributed by atoms with Crippen molar-refractivity contribution in [2.45, 2.75) is 6.92 Å². The highest BCUT2D eigenvalue weighted by molar-refractivity contribution is 5.64. The number of rotatable bonds is 2. The van der Waals surface area contributed by atoms with Crippen molar-refractivity contribution < 1.29 is 0 Å². The number of benzene rings is 1. The first-order valence-electron chi connectivity index (χ1n) is 6.20. The zero-order valence-electron chi connectivity index (χ0n) is 10.7. The van der Waals surface area contributed by atoms with Crippen LogP contribution in [0.4, 0.5) is 5.69 Å². The molecule has 0 aliphatic carbocycles. The molecule has 0 radical (unpaired) electrons. The second-order valence-electron chi connectivity index (χ2n) is 4.53. The summed E-state index contributed by atoms with van der Waals surface area (Å²) < 4.78 is 2.19. The van der Waals surface area contributed by atoms with Gasteiger partial charge in [-0.3, -0.25) is 4.98 Å². The third-order valence-corrected chi connectivity index (χ3v) is 3.16. The Labute approximate surface area is 112 Å². The molecule has 1 aromatic carbocycles. The largest absolute Gasteiger partial charge is 0.399 e. The molecule has 0 saturated carbocycles. The van der Waals surface area contributed by atoms with E-state index in [-0.39, 0.29) is 0 Å². The molecule has 3 heteroatoms. The smallest absolute Gasteiger partial charge is 0.0546 e. The zero-order chi connectivity index (χ0) is 13.2. The summed E-state index contributed by atoms with van der Waals surface area (Å²) in [6, 6.07) is 16.1. The molecule has 2 N–H and O–H groups in total. The molecule has 0 amide bonds. The van der Waals surface area contributed by atoms with E-state index in [2.05, 4.69) is 40.7 Å². The molecule has 0 unspecified atom stereocenters. The normalized spacial score (nSPS) is 10.6. The molecule has 0 aliphatic heterocycles. The molecule has 94 valence electrons. The lowest BCUT2D eigenvalue weighted by atomic mass is 10.2. The van der Waals surface area contributed by atoms with Gasteiger partial charge in [-0.15, -0.1) is 0 Å². The number of hydrogen-bond donors (Lipinski definition) is 1. The molecule has 19 heavy (non-hydrogen) atoms. The quantitative estimate of drug-likeness (QED) is 0.707. The Morgan fingerprint density at radius 3 is 2.68 bits per heavy atom. The van der Waals surface area contributed by atoms with Crippen molar-refractivity contribution in [1.82, 2.24) is 9.55 Å². The summed E-state index contributed by atoms with van der Waals surface area (Å²) >= 11 is 0. The van der Waals surface area contributed by atoms with Crippen LogP contribution >= 0.6 is 0 Å². The van der Waals surface area contributed by atoms with Gasteiger partial charge in [0.15, 0.2) is 0 Å². The van der Waals surface area contributed by atoms with E-state index in [1.54, 1.807) is 6.20 Å². The number of anilines is 1. The molecule has 0 bridgehead atoms. The van der Waals surface area contributed by atoms with Gasteiger partial charge in [0, 0.05) is 35.0 Å². The van der Waals surface area contributed by atoms with Gasteiger partial charge in [0.05, 0.1) is 5.69 Å². The molecule has 3 aromatic rings. The molecular formula is C16H15N3. The fourth-order valence-electron chi connectivity index (χ4n) is 2.28. The standard InChI is InChI=1S/C16H15N3/c1-12-7-8-16(13-4-3-9-18-11-13)19(12)15-6-2-5-14(17)10-15/h2-11H,17H2,1H3. The lowest BCUT2D eigenvalue weighted by Gasteiger charge is -2.12. The maximum absolute atomic E-state index is 5.88. The van der Waals surface area contributed by atoms with Crippen molar-refractivity contribution in [3.8, 4) is 16.9 Å². The van der Waals surface area contributed by atoms with Crippen LogP contribution in [-0.4, -0.2) is 9.55 Å². The fourth-order valence-corrected chi connectivity index (χ4v) is 2.28. The molecule has 0 atom stereocenters. The van der Waals surface area contributed by atoms with E-state index in [1.165, 1.54) is 5.69 Å². The highest BCUT2D eigenvalue weighted by Crippen LogP contribution is 2.26. The summed E-state index contributed by atoms with van der Waals surface area (Å²) in [6.07, 6.45) is 3.65. The summed E-state index contributed by atoms with van der Waals surface area (Å²) in [5, 5.41) is 0. The van der Waals surface area contributed by atoms with Gasteiger partial charge in [0.2, 0.25) is 0 Å². The zero-order valence-corrected chi connectivity index (χ0v) is 10.7. The number of hydrogen-bond acceptors (Lipinski definition) is 2. The van der Waals surface area contributed by atoms with Gasteiger partial charge in [-0.05, 0) is 49.4 Å². The van der Waals surface area contributed by atoms with Crippen LogP contribution in [0.1, 0.15) is 5.69 Å². The Hall–Kier alpha value is -2.55. The predicted octanol–water partition coefficient (Wildman–Crippen LogP) is 3.43. The molecule has 2 heterocycles. The number of nitrogens with two attached hydrogens (primary N) is 1. The average Bonchev–Trinajstić information content (AvgIpc) is 2.82. The SMILES string of the molecule is Cc1ccc(-c2cccnc2)n1-c1cccc(N)c1. The predicted molar refractivity (Wildman–Crippen MR) is 78.1 cm³/mol. The van der Waals surface area contributed by atoms with Gasteiger partial charge in [-0.2, -0.15) is 0 Å². The van der Waals surface area contributed by atoms with E-state index in [0.29, 0.717) is 0 Å². The summed E-state index contributed by atoms with van der Waals surface area (Å²) in [6.45, 7) is 2.09. The van der Waals surface area contributed by atoms with E-state index in [1.807, 2.05) is 30.5 Å². The molecule has 3 nitrogen and oxygen atoms in total. The second-order valence-corrected chi connectivity index (χ2v) is 4.53. The lowest BCUT2D eigenvalue weighted by Crippen LogP contribution is -2.00. The van der Waals surface area contributed by atoms with Gasteiger partial charge >= 0.3 is 0 Å². The van der Waals surface area contributed by atoms with Gasteiger partial charge in [0.1, 0.15) is 0 Å². The monoisotopic (exact) mass is 249 g/mol. The van der Waals surface area contributed by atoms with Gasteiger partial charge < -0.3 is 10.3 Å². The topological polar surface area (TPSA) is 43.8 Å². The third-order valence-electron chi connectivity index (χ3n) is 3.16. The van der Waals surface area contributed by atoms with E-state index < -0.39 is 0 Å². The number of aromatic nitrogens is 2. The first-order chi connectivity index (χ1) is 9.25. The van der Waals surface area contributed by atoms with E-state index in [4.69, 9.17) is 5.73 Å².